The number of anilines is 1. The van der Waals surface area contributed by atoms with Gasteiger partial charge in [-0.1, -0.05) is 26.0 Å². The SMILES string of the molecule is CCC(C)c1ccc(NS(=O)(=O)c2ccc(S(=O)(=O)N3CCCC3)cc2)cc1. The molecule has 3 rings (SSSR count). The van der Waals surface area contributed by atoms with Gasteiger partial charge in [-0.15, -0.1) is 0 Å². The summed E-state index contributed by atoms with van der Waals surface area (Å²) in [6.45, 7) is 5.25. The van der Waals surface area contributed by atoms with Gasteiger partial charge in [0.2, 0.25) is 10.0 Å². The molecule has 2 aromatic rings. The molecule has 1 fully saturated rings. The fraction of sp³-hybridized carbons (Fsp3) is 0.400. The van der Waals surface area contributed by atoms with E-state index in [9.17, 15) is 16.8 Å². The zero-order valence-electron chi connectivity index (χ0n) is 16.1. The van der Waals surface area contributed by atoms with Crippen LogP contribution < -0.4 is 4.72 Å². The van der Waals surface area contributed by atoms with Crippen molar-refractivity contribution in [3.63, 3.8) is 0 Å². The van der Waals surface area contributed by atoms with Crippen LogP contribution in [0.3, 0.4) is 0 Å². The first kappa shape index (κ1) is 20.8. The van der Waals surface area contributed by atoms with Gasteiger partial charge in [0.15, 0.2) is 0 Å². The van der Waals surface area contributed by atoms with Crippen molar-refractivity contribution in [3.05, 3.63) is 54.1 Å². The molecule has 0 aromatic heterocycles. The number of benzene rings is 2. The molecule has 2 aromatic carbocycles. The zero-order valence-corrected chi connectivity index (χ0v) is 17.8. The van der Waals surface area contributed by atoms with Crippen LogP contribution in [0, 0.1) is 0 Å². The molecular weight excluding hydrogens is 396 g/mol. The number of nitrogens with one attached hydrogen (secondary N) is 1. The van der Waals surface area contributed by atoms with Crippen LogP contribution in [-0.2, 0) is 20.0 Å². The second kappa shape index (κ2) is 8.23. The number of sulfonamides is 2. The minimum absolute atomic E-state index is 0.0267. The van der Waals surface area contributed by atoms with Gasteiger partial charge in [-0.25, -0.2) is 16.8 Å². The first-order valence-electron chi connectivity index (χ1n) is 9.47. The molecule has 1 N–H and O–H groups in total. The second-order valence-corrected chi connectivity index (χ2v) is 10.7. The maximum Gasteiger partial charge on any atom is 0.261 e. The lowest BCUT2D eigenvalue weighted by Gasteiger charge is -2.16. The number of rotatable bonds is 7. The summed E-state index contributed by atoms with van der Waals surface area (Å²) in [5, 5.41) is 0. The molecule has 0 spiro atoms. The van der Waals surface area contributed by atoms with Crippen molar-refractivity contribution >= 4 is 25.7 Å². The predicted octanol–water partition coefficient (Wildman–Crippen LogP) is 3.79. The summed E-state index contributed by atoms with van der Waals surface area (Å²) in [5.41, 5.74) is 1.63. The minimum Gasteiger partial charge on any atom is -0.280 e. The fourth-order valence-electron chi connectivity index (χ4n) is 3.20. The minimum atomic E-state index is -3.79. The molecular formula is C20H26N2O4S2. The third-order valence-corrected chi connectivity index (χ3v) is 8.49. The molecule has 6 nitrogen and oxygen atoms in total. The van der Waals surface area contributed by atoms with Crippen LogP contribution in [-0.4, -0.2) is 34.2 Å². The maximum absolute atomic E-state index is 12.6. The predicted molar refractivity (Wildman–Crippen MR) is 110 cm³/mol. The third-order valence-electron chi connectivity index (χ3n) is 5.18. The normalized spacial score (nSPS) is 16.8. The van der Waals surface area contributed by atoms with Crippen LogP contribution >= 0.6 is 0 Å². The molecule has 0 radical (unpaired) electrons. The van der Waals surface area contributed by atoms with Crippen LogP contribution in [0.5, 0.6) is 0 Å². The molecule has 152 valence electrons. The average molecular weight is 423 g/mol. The smallest absolute Gasteiger partial charge is 0.261 e. The quantitative estimate of drug-likeness (QED) is 0.736. The highest BCUT2D eigenvalue weighted by Crippen LogP contribution is 2.24. The van der Waals surface area contributed by atoms with Crippen molar-refractivity contribution < 1.29 is 16.8 Å². The third kappa shape index (κ3) is 4.39. The van der Waals surface area contributed by atoms with Crippen molar-refractivity contribution in [2.45, 2.75) is 48.8 Å². The topological polar surface area (TPSA) is 83.5 Å². The second-order valence-electron chi connectivity index (χ2n) is 7.12. The molecule has 28 heavy (non-hydrogen) atoms. The largest absolute Gasteiger partial charge is 0.280 e. The number of hydrogen-bond donors (Lipinski definition) is 1. The van der Waals surface area contributed by atoms with Crippen molar-refractivity contribution in [1.29, 1.82) is 0 Å². The first-order chi connectivity index (χ1) is 13.2. The van der Waals surface area contributed by atoms with Gasteiger partial charge in [-0.2, -0.15) is 4.31 Å². The van der Waals surface area contributed by atoms with E-state index in [0.717, 1.165) is 24.8 Å². The maximum atomic E-state index is 12.6. The molecule has 8 heteroatoms. The Labute approximate surface area is 167 Å². The first-order valence-corrected chi connectivity index (χ1v) is 12.4. The molecule has 1 aliphatic rings. The standard InChI is InChI=1S/C20H26N2O4S2/c1-3-16(2)17-6-8-18(9-7-17)21-27(23,24)19-10-12-20(13-11-19)28(25,26)22-14-4-5-15-22/h6-13,16,21H,3-5,14-15H2,1-2H3. The van der Waals surface area contributed by atoms with Gasteiger partial charge in [0, 0.05) is 18.8 Å². The summed E-state index contributed by atoms with van der Waals surface area (Å²) in [6, 6.07) is 12.7. The Morgan fingerprint density at radius 2 is 1.43 bits per heavy atom. The van der Waals surface area contributed by atoms with Gasteiger partial charge in [-0.05, 0) is 67.1 Å². The zero-order chi connectivity index (χ0) is 20.4. The number of nitrogens with zero attached hydrogens (tertiary/aromatic N) is 1. The lowest BCUT2D eigenvalue weighted by Crippen LogP contribution is -2.27. The van der Waals surface area contributed by atoms with Crippen molar-refractivity contribution in [2.24, 2.45) is 0 Å². The monoisotopic (exact) mass is 422 g/mol. The summed E-state index contributed by atoms with van der Waals surface area (Å²) in [7, 11) is -7.35. The lowest BCUT2D eigenvalue weighted by molar-refractivity contribution is 0.477. The van der Waals surface area contributed by atoms with Crippen LogP contribution in [0.1, 0.15) is 44.6 Å². The van der Waals surface area contributed by atoms with E-state index in [4.69, 9.17) is 0 Å². The Hall–Kier alpha value is -1.90. The summed E-state index contributed by atoms with van der Waals surface area (Å²) in [4.78, 5) is 0.144. The Bertz CT molecular complexity index is 1010. The lowest BCUT2D eigenvalue weighted by atomic mass is 9.99. The van der Waals surface area contributed by atoms with Crippen LogP contribution in [0.15, 0.2) is 58.3 Å². The van der Waals surface area contributed by atoms with Crippen LogP contribution in [0.25, 0.3) is 0 Å². The van der Waals surface area contributed by atoms with Gasteiger partial charge in [0.1, 0.15) is 0 Å². The van der Waals surface area contributed by atoms with Crippen molar-refractivity contribution in [1.82, 2.24) is 4.31 Å². The van der Waals surface area contributed by atoms with E-state index in [1.807, 2.05) is 12.1 Å². The van der Waals surface area contributed by atoms with Crippen LogP contribution in [0.4, 0.5) is 5.69 Å². The molecule has 1 saturated heterocycles. The van der Waals surface area contributed by atoms with Crippen LogP contribution in [0.2, 0.25) is 0 Å². The Morgan fingerprint density at radius 3 is 1.96 bits per heavy atom. The summed E-state index contributed by atoms with van der Waals surface area (Å²) < 4.78 is 54.3. The van der Waals surface area contributed by atoms with Crippen molar-refractivity contribution in [2.75, 3.05) is 17.8 Å². The summed E-state index contributed by atoms with van der Waals surface area (Å²) in [6.07, 6.45) is 2.72. The van der Waals surface area contributed by atoms with Crippen molar-refractivity contribution in [3.8, 4) is 0 Å². The molecule has 0 bridgehead atoms. The van der Waals surface area contributed by atoms with Gasteiger partial charge in [-0.3, -0.25) is 4.72 Å². The summed E-state index contributed by atoms with van der Waals surface area (Å²) >= 11 is 0. The van der Waals surface area contributed by atoms with E-state index in [1.54, 1.807) is 12.1 Å². The Kier molecular flexibility index (Phi) is 6.12. The fourth-order valence-corrected chi connectivity index (χ4v) is 5.77. The van der Waals surface area contributed by atoms with Gasteiger partial charge in [0.05, 0.1) is 9.79 Å². The Morgan fingerprint density at radius 1 is 0.893 bits per heavy atom. The molecule has 1 aliphatic heterocycles. The molecule has 0 aliphatic carbocycles. The molecule has 0 saturated carbocycles. The van der Waals surface area contributed by atoms with Gasteiger partial charge < -0.3 is 0 Å². The summed E-state index contributed by atoms with van der Waals surface area (Å²) in [5.74, 6) is 0.413. The van der Waals surface area contributed by atoms with E-state index in [-0.39, 0.29) is 9.79 Å². The molecule has 0 amide bonds. The van der Waals surface area contributed by atoms with E-state index >= 15 is 0 Å². The highest BCUT2D eigenvalue weighted by molar-refractivity contribution is 7.92. The highest BCUT2D eigenvalue weighted by atomic mass is 32.2. The van der Waals surface area contributed by atoms with Gasteiger partial charge >= 0.3 is 0 Å². The number of hydrogen-bond acceptors (Lipinski definition) is 4. The highest BCUT2D eigenvalue weighted by Gasteiger charge is 2.27. The van der Waals surface area contributed by atoms with E-state index in [2.05, 4.69) is 18.6 Å². The molecule has 1 unspecified atom stereocenters. The molecule has 1 atom stereocenters. The Balaban J connectivity index is 1.77. The van der Waals surface area contributed by atoms with E-state index in [1.165, 1.54) is 28.6 Å². The average Bonchev–Trinajstić information content (AvgIpc) is 3.23. The van der Waals surface area contributed by atoms with Gasteiger partial charge in [0.25, 0.3) is 10.0 Å². The van der Waals surface area contributed by atoms with E-state index < -0.39 is 20.0 Å². The van der Waals surface area contributed by atoms with E-state index in [0.29, 0.717) is 24.7 Å². The molecule has 1 heterocycles.